The molecule has 0 aromatic heterocycles. The molecule has 0 heterocycles. The van der Waals surface area contributed by atoms with Crippen LogP contribution in [0.1, 0.15) is 30.6 Å². The van der Waals surface area contributed by atoms with Gasteiger partial charge in [0.15, 0.2) is 0 Å². The summed E-state index contributed by atoms with van der Waals surface area (Å²) in [6, 6.07) is 5.63. The molecular formula is C11H16BrNO. The standard InChI is InChI=1S/C11H16BrNO/c1-3-10(13)11(14)8-5-4-7(2)9(12)6-8/h4-6,10-11,14H,3,13H2,1-2H3. The van der Waals surface area contributed by atoms with Crippen molar-refractivity contribution in [1.29, 1.82) is 0 Å². The van der Waals surface area contributed by atoms with Gasteiger partial charge in [-0.05, 0) is 30.5 Å². The third-order valence-corrected chi connectivity index (χ3v) is 3.27. The second-order valence-corrected chi connectivity index (χ2v) is 4.38. The van der Waals surface area contributed by atoms with Crippen LogP contribution in [0.2, 0.25) is 0 Å². The van der Waals surface area contributed by atoms with E-state index in [0.717, 1.165) is 22.0 Å². The van der Waals surface area contributed by atoms with E-state index < -0.39 is 6.10 Å². The molecule has 3 heteroatoms. The summed E-state index contributed by atoms with van der Waals surface area (Å²) in [7, 11) is 0. The highest BCUT2D eigenvalue weighted by Gasteiger charge is 2.15. The van der Waals surface area contributed by atoms with Gasteiger partial charge in [-0.2, -0.15) is 0 Å². The Morgan fingerprint density at radius 2 is 2.14 bits per heavy atom. The maximum atomic E-state index is 9.86. The highest BCUT2D eigenvalue weighted by atomic mass is 79.9. The Labute approximate surface area is 93.3 Å². The number of nitrogens with two attached hydrogens (primary N) is 1. The first-order valence-corrected chi connectivity index (χ1v) is 5.55. The molecule has 0 bridgehead atoms. The van der Waals surface area contributed by atoms with E-state index in [0.29, 0.717) is 0 Å². The van der Waals surface area contributed by atoms with Gasteiger partial charge in [0.1, 0.15) is 0 Å². The van der Waals surface area contributed by atoms with Gasteiger partial charge in [-0.25, -0.2) is 0 Å². The average molecular weight is 258 g/mol. The average Bonchev–Trinajstić information content (AvgIpc) is 2.20. The third-order valence-electron chi connectivity index (χ3n) is 2.41. The monoisotopic (exact) mass is 257 g/mol. The molecule has 1 aromatic carbocycles. The van der Waals surface area contributed by atoms with Crippen LogP contribution in [-0.2, 0) is 0 Å². The molecule has 0 amide bonds. The molecule has 2 atom stereocenters. The second-order valence-electron chi connectivity index (χ2n) is 3.53. The molecule has 14 heavy (non-hydrogen) atoms. The third kappa shape index (κ3) is 2.56. The van der Waals surface area contributed by atoms with Crippen molar-refractivity contribution in [3.8, 4) is 0 Å². The Balaban J connectivity index is 2.91. The lowest BCUT2D eigenvalue weighted by atomic mass is 10.0. The van der Waals surface area contributed by atoms with Crippen LogP contribution in [0.25, 0.3) is 0 Å². The lowest BCUT2D eigenvalue weighted by molar-refractivity contribution is 0.144. The Morgan fingerprint density at radius 3 is 2.64 bits per heavy atom. The van der Waals surface area contributed by atoms with Crippen LogP contribution in [0.5, 0.6) is 0 Å². The van der Waals surface area contributed by atoms with Crippen molar-refractivity contribution < 1.29 is 5.11 Å². The Hall–Kier alpha value is -0.380. The first kappa shape index (κ1) is 11.7. The highest BCUT2D eigenvalue weighted by Crippen LogP contribution is 2.23. The quantitative estimate of drug-likeness (QED) is 0.875. The van der Waals surface area contributed by atoms with Crippen LogP contribution in [0, 0.1) is 6.92 Å². The minimum atomic E-state index is -0.572. The summed E-state index contributed by atoms with van der Waals surface area (Å²) >= 11 is 3.43. The number of aryl methyl sites for hydroxylation is 1. The van der Waals surface area contributed by atoms with E-state index in [-0.39, 0.29) is 6.04 Å². The molecule has 2 unspecified atom stereocenters. The van der Waals surface area contributed by atoms with E-state index in [1.807, 2.05) is 32.0 Å². The summed E-state index contributed by atoms with van der Waals surface area (Å²) in [5.74, 6) is 0. The molecule has 0 spiro atoms. The van der Waals surface area contributed by atoms with Crippen LogP contribution in [-0.4, -0.2) is 11.1 Å². The zero-order valence-electron chi connectivity index (χ0n) is 8.50. The number of aliphatic hydroxyl groups is 1. The van der Waals surface area contributed by atoms with Crippen molar-refractivity contribution in [2.45, 2.75) is 32.4 Å². The van der Waals surface area contributed by atoms with E-state index in [4.69, 9.17) is 5.73 Å². The molecule has 1 aromatic rings. The van der Waals surface area contributed by atoms with Gasteiger partial charge in [0.05, 0.1) is 6.10 Å². The lowest BCUT2D eigenvalue weighted by Crippen LogP contribution is -2.27. The molecule has 0 radical (unpaired) electrons. The molecule has 0 aliphatic heterocycles. The maximum absolute atomic E-state index is 9.86. The molecule has 78 valence electrons. The normalized spacial score (nSPS) is 15.2. The van der Waals surface area contributed by atoms with Crippen LogP contribution in [0.15, 0.2) is 22.7 Å². The largest absolute Gasteiger partial charge is 0.387 e. The van der Waals surface area contributed by atoms with Gasteiger partial charge < -0.3 is 10.8 Å². The summed E-state index contributed by atoms with van der Waals surface area (Å²) in [6.45, 7) is 3.98. The molecule has 1 rings (SSSR count). The minimum absolute atomic E-state index is 0.190. The number of benzene rings is 1. The van der Waals surface area contributed by atoms with Crippen molar-refractivity contribution in [2.24, 2.45) is 5.73 Å². The molecule has 0 aliphatic rings. The molecule has 0 saturated carbocycles. The van der Waals surface area contributed by atoms with Gasteiger partial charge in [-0.1, -0.05) is 35.0 Å². The van der Waals surface area contributed by atoms with Crippen LogP contribution in [0.3, 0.4) is 0 Å². The summed E-state index contributed by atoms with van der Waals surface area (Å²) < 4.78 is 1.01. The SMILES string of the molecule is CCC(N)C(O)c1ccc(C)c(Br)c1. The summed E-state index contributed by atoms with van der Waals surface area (Å²) in [5.41, 5.74) is 7.80. The number of halogens is 1. The molecular weight excluding hydrogens is 242 g/mol. The van der Waals surface area contributed by atoms with E-state index in [1.165, 1.54) is 0 Å². The van der Waals surface area contributed by atoms with E-state index >= 15 is 0 Å². The van der Waals surface area contributed by atoms with Crippen molar-refractivity contribution in [3.63, 3.8) is 0 Å². The zero-order chi connectivity index (χ0) is 10.7. The molecule has 0 aliphatic carbocycles. The predicted molar refractivity (Wildman–Crippen MR) is 62.1 cm³/mol. The Kier molecular flexibility index (Phi) is 4.11. The number of aliphatic hydroxyl groups excluding tert-OH is 1. The summed E-state index contributed by atoms with van der Waals surface area (Å²) in [6.07, 6.45) is 0.198. The Morgan fingerprint density at radius 1 is 1.50 bits per heavy atom. The molecule has 2 nitrogen and oxygen atoms in total. The van der Waals surface area contributed by atoms with Crippen molar-refractivity contribution in [3.05, 3.63) is 33.8 Å². The van der Waals surface area contributed by atoms with Crippen LogP contribution >= 0.6 is 15.9 Å². The molecule has 0 saturated heterocycles. The maximum Gasteiger partial charge on any atom is 0.0941 e. The fourth-order valence-electron chi connectivity index (χ4n) is 1.26. The summed E-state index contributed by atoms with van der Waals surface area (Å²) in [4.78, 5) is 0. The molecule has 0 fully saturated rings. The summed E-state index contributed by atoms with van der Waals surface area (Å²) in [5, 5.41) is 9.86. The lowest BCUT2D eigenvalue weighted by Gasteiger charge is -2.18. The fraction of sp³-hybridized carbons (Fsp3) is 0.455. The zero-order valence-corrected chi connectivity index (χ0v) is 10.1. The smallest absolute Gasteiger partial charge is 0.0941 e. The van der Waals surface area contributed by atoms with Crippen molar-refractivity contribution in [1.82, 2.24) is 0 Å². The van der Waals surface area contributed by atoms with Crippen molar-refractivity contribution >= 4 is 15.9 Å². The minimum Gasteiger partial charge on any atom is -0.387 e. The fourth-order valence-corrected chi connectivity index (χ4v) is 1.66. The van der Waals surface area contributed by atoms with Gasteiger partial charge in [-0.3, -0.25) is 0 Å². The van der Waals surface area contributed by atoms with E-state index in [9.17, 15) is 5.11 Å². The van der Waals surface area contributed by atoms with Crippen LogP contribution in [0.4, 0.5) is 0 Å². The van der Waals surface area contributed by atoms with E-state index in [2.05, 4.69) is 15.9 Å². The second kappa shape index (κ2) is 4.91. The van der Waals surface area contributed by atoms with Gasteiger partial charge in [0, 0.05) is 10.5 Å². The topological polar surface area (TPSA) is 46.2 Å². The number of rotatable bonds is 3. The first-order chi connectivity index (χ1) is 6.56. The van der Waals surface area contributed by atoms with Gasteiger partial charge in [0.25, 0.3) is 0 Å². The molecule has 3 N–H and O–H groups in total. The predicted octanol–water partition coefficient (Wildman–Crippen LogP) is 2.53. The number of hydrogen-bond donors (Lipinski definition) is 2. The van der Waals surface area contributed by atoms with E-state index in [1.54, 1.807) is 0 Å². The number of hydrogen-bond acceptors (Lipinski definition) is 2. The van der Waals surface area contributed by atoms with Gasteiger partial charge in [-0.15, -0.1) is 0 Å². The van der Waals surface area contributed by atoms with Gasteiger partial charge >= 0.3 is 0 Å². The van der Waals surface area contributed by atoms with Crippen molar-refractivity contribution in [2.75, 3.05) is 0 Å². The first-order valence-electron chi connectivity index (χ1n) is 4.76. The van der Waals surface area contributed by atoms with Gasteiger partial charge in [0.2, 0.25) is 0 Å². The Bertz CT molecular complexity index is 314. The van der Waals surface area contributed by atoms with Crippen LogP contribution < -0.4 is 5.73 Å². The highest BCUT2D eigenvalue weighted by molar-refractivity contribution is 9.10.